The van der Waals surface area contributed by atoms with Gasteiger partial charge in [-0.3, -0.25) is 9.78 Å². The van der Waals surface area contributed by atoms with Crippen LogP contribution in [-0.2, 0) is 10.8 Å². The van der Waals surface area contributed by atoms with Crippen LogP contribution in [0.15, 0.2) is 29.2 Å². The van der Waals surface area contributed by atoms with Crippen molar-refractivity contribution in [3.05, 3.63) is 51.7 Å². The van der Waals surface area contributed by atoms with Gasteiger partial charge in [0, 0.05) is 45.3 Å². The fraction of sp³-hybridized carbons (Fsp3) is 0.542. The van der Waals surface area contributed by atoms with E-state index in [9.17, 15) is 4.79 Å². The Labute approximate surface area is 167 Å². The second-order valence-corrected chi connectivity index (χ2v) is 9.42. The molecule has 1 fully saturated rings. The van der Waals surface area contributed by atoms with Crippen molar-refractivity contribution in [1.82, 2.24) is 14.4 Å². The SMILES string of the molecule is CC.CC1C2CCC1(C)c1c2n2ccc3nc(C(C)(C)C)ccc3c2nc1=O. The van der Waals surface area contributed by atoms with Crippen molar-refractivity contribution in [3.8, 4) is 0 Å². The molecule has 3 unspecified atom stereocenters. The summed E-state index contributed by atoms with van der Waals surface area (Å²) in [6.45, 7) is 15.0. The molecule has 0 radical (unpaired) electrons. The lowest BCUT2D eigenvalue weighted by atomic mass is 9.79. The van der Waals surface area contributed by atoms with Gasteiger partial charge in [-0.05, 0) is 37.0 Å². The first-order valence-corrected chi connectivity index (χ1v) is 10.6. The van der Waals surface area contributed by atoms with Crippen molar-refractivity contribution in [1.29, 1.82) is 0 Å². The standard InChI is InChI=1S/C22H25N3O.C2H6/c1-12-13-8-10-22(12,5)17-18(13)25-11-9-15-14(19(25)24-20(17)26)6-7-16(23-15)21(2,3)4;1-2/h6-7,9,11-13H,8,10H2,1-5H3;1-2H3. The van der Waals surface area contributed by atoms with E-state index in [-0.39, 0.29) is 16.4 Å². The van der Waals surface area contributed by atoms with Gasteiger partial charge in [-0.25, -0.2) is 0 Å². The number of nitrogens with zero attached hydrogens (tertiary/aromatic N) is 3. The van der Waals surface area contributed by atoms with Crippen LogP contribution >= 0.6 is 0 Å². The van der Waals surface area contributed by atoms with Crippen LogP contribution in [-0.4, -0.2) is 14.4 Å². The smallest absolute Gasteiger partial charge is 0.277 e. The predicted octanol–water partition coefficient (Wildman–Crippen LogP) is 5.35. The van der Waals surface area contributed by atoms with E-state index in [4.69, 9.17) is 4.98 Å². The van der Waals surface area contributed by atoms with E-state index < -0.39 is 0 Å². The van der Waals surface area contributed by atoms with Crippen LogP contribution in [0.3, 0.4) is 0 Å². The molecule has 0 saturated heterocycles. The Bertz CT molecular complexity index is 1140. The highest BCUT2D eigenvalue weighted by atomic mass is 16.1. The Morgan fingerprint density at radius 3 is 2.54 bits per heavy atom. The molecule has 3 aromatic rings. The first-order chi connectivity index (χ1) is 13.2. The fourth-order valence-electron chi connectivity index (χ4n) is 5.25. The zero-order chi connectivity index (χ0) is 20.4. The Morgan fingerprint density at radius 2 is 1.86 bits per heavy atom. The third-order valence-corrected chi connectivity index (χ3v) is 6.99. The summed E-state index contributed by atoms with van der Waals surface area (Å²) in [5, 5.41) is 0.959. The predicted molar refractivity (Wildman–Crippen MR) is 115 cm³/mol. The van der Waals surface area contributed by atoms with Gasteiger partial charge in [0.15, 0.2) is 5.65 Å². The maximum atomic E-state index is 13.0. The topological polar surface area (TPSA) is 47.3 Å². The Balaban J connectivity index is 0.000000932. The number of aromatic nitrogens is 3. The van der Waals surface area contributed by atoms with E-state index in [0.29, 0.717) is 11.8 Å². The second-order valence-electron chi connectivity index (χ2n) is 9.42. The van der Waals surface area contributed by atoms with Crippen LogP contribution in [0.2, 0.25) is 0 Å². The van der Waals surface area contributed by atoms with E-state index in [1.807, 2.05) is 13.8 Å². The molecule has 3 atom stereocenters. The van der Waals surface area contributed by atoms with E-state index >= 15 is 0 Å². The maximum Gasteiger partial charge on any atom is 0.277 e. The van der Waals surface area contributed by atoms with Crippen molar-refractivity contribution >= 4 is 16.6 Å². The van der Waals surface area contributed by atoms with Crippen LogP contribution in [0.25, 0.3) is 16.6 Å². The lowest BCUT2D eigenvalue weighted by Crippen LogP contribution is -2.31. The third kappa shape index (κ3) is 2.39. The summed E-state index contributed by atoms with van der Waals surface area (Å²) in [6.07, 6.45) is 4.33. The van der Waals surface area contributed by atoms with Gasteiger partial charge in [0.25, 0.3) is 5.56 Å². The van der Waals surface area contributed by atoms with Crippen LogP contribution in [0.5, 0.6) is 0 Å². The lowest BCUT2D eigenvalue weighted by Gasteiger charge is -2.25. The number of hydrogen-bond acceptors (Lipinski definition) is 3. The molecule has 28 heavy (non-hydrogen) atoms. The largest absolute Gasteiger partial charge is 0.304 e. The van der Waals surface area contributed by atoms with Crippen LogP contribution in [0, 0.1) is 5.92 Å². The average Bonchev–Trinajstić information content (AvgIpc) is 3.08. The van der Waals surface area contributed by atoms with Gasteiger partial charge in [0.05, 0.1) is 5.52 Å². The van der Waals surface area contributed by atoms with Crippen molar-refractivity contribution in [2.45, 2.75) is 78.1 Å². The van der Waals surface area contributed by atoms with Gasteiger partial charge < -0.3 is 4.40 Å². The highest BCUT2D eigenvalue weighted by Crippen LogP contribution is 2.59. The van der Waals surface area contributed by atoms with E-state index in [1.54, 1.807) is 0 Å². The minimum atomic E-state index is -0.0380. The molecule has 0 spiro atoms. The van der Waals surface area contributed by atoms with E-state index in [2.05, 4.69) is 68.4 Å². The minimum absolute atomic E-state index is 0.00543. The summed E-state index contributed by atoms with van der Waals surface area (Å²) in [7, 11) is 0. The third-order valence-electron chi connectivity index (χ3n) is 6.99. The molecule has 4 heteroatoms. The van der Waals surface area contributed by atoms with Gasteiger partial charge in [-0.2, -0.15) is 4.98 Å². The molecule has 0 N–H and O–H groups in total. The molecule has 2 bridgehead atoms. The number of hydrogen-bond donors (Lipinski definition) is 0. The van der Waals surface area contributed by atoms with Gasteiger partial charge in [0.2, 0.25) is 0 Å². The van der Waals surface area contributed by atoms with Crippen molar-refractivity contribution < 1.29 is 0 Å². The first kappa shape index (κ1) is 19.1. The Morgan fingerprint density at radius 1 is 1.14 bits per heavy atom. The maximum absolute atomic E-state index is 13.0. The lowest BCUT2D eigenvalue weighted by molar-refractivity contribution is 0.383. The zero-order valence-corrected chi connectivity index (χ0v) is 18.1. The molecule has 4 nitrogen and oxygen atoms in total. The normalized spacial score (nSPS) is 25.7. The van der Waals surface area contributed by atoms with E-state index in [1.165, 1.54) is 5.69 Å². The van der Waals surface area contributed by atoms with Crippen molar-refractivity contribution in [2.24, 2.45) is 5.92 Å². The zero-order valence-electron chi connectivity index (χ0n) is 18.1. The number of rotatable bonds is 0. The van der Waals surface area contributed by atoms with Crippen molar-refractivity contribution in [3.63, 3.8) is 0 Å². The second kappa shape index (κ2) is 6.13. The summed E-state index contributed by atoms with van der Waals surface area (Å²) in [5.74, 6) is 0.958. The molecule has 2 aliphatic rings. The molecule has 0 amide bonds. The van der Waals surface area contributed by atoms with Crippen LogP contribution in [0.1, 0.15) is 84.2 Å². The molecule has 1 saturated carbocycles. The van der Waals surface area contributed by atoms with Gasteiger partial charge >= 0.3 is 0 Å². The molecular weight excluding hydrogens is 346 g/mol. The molecule has 0 aromatic carbocycles. The summed E-state index contributed by atoms with van der Waals surface area (Å²) < 4.78 is 2.17. The number of pyridine rings is 2. The monoisotopic (exact) mass is 377 g/mol. The van der Waals surface area contributed by atoms with E-state index in [0.717, 1.165) is 40.6 Å². The van der Waals surface area contributed by atoms with Crippen molar-refractivity contribution in [2.75, 3.05) is 0 Å². The number of fused-ring (bicyclic) bond motifs is 9. The molecule has 3 aromatic heterocycles. The fourth-order valence-corrected chi connectivity index (χ4v) is 5.25. The highest BCUT2D eigenvalue weighted by Gasteiger charge is 2.54. The summed E-state index contributed by atoms with van der Waals surface area (Å²) in [5.41, 5.74) is 4.81. The molecule has 2 aliphatic carbocycles. The van der Waals surface area contributed by atoms with Crippen LogP contribution < -0.4 is 5.56 Å². The molecular formula is C24H31N3O. The molecule has 0 aliphatic heterocycles. The highest BCUT2D eigenvalue weighted by molar-refractivity contribution is 5.91. The Kier molecular flexibility index (Phi) is 4.18. The van der Waals surface area contributed by atoms with Gasteiger partial charge in [-0.1, -0.05) is 48.5 Å². The van der Waals surface area contributed by atoms with Crippen LogP contribution in [0.4, 0.5) is 0 Å². The Hall–Kier alpha value is -2.23. The van der Waals surface area contributed by atoms with Gasteiger partial charge in [0.1, 0.15) is 0 Å². The van der Waals surface area contributed by atoms with Gasteiger partial charge in [-0.15, -0.1) is 0 Å². The average molecular weight is 378 g/mol. The minimum Gasteiger partial charge on any atom is -0.304 e. The summed E-state index contributed by atoms with van der Waals surface area (Å²) in [4.78, 5) is 22.4. The summed E-state index contributed by atoms with van der Waals surface area (Å²) in [6, 6.07) is 6.22. The summed E-state index contributed by atoms with van der Waals surface area (Å²) >= 11 is 0. The molecule has 3 heterocycles. The quantitative estimate of drug-likeness (QED) is 0.496. The molecule has 148 valence electrons. The molecule has 5 rings (SSSR count). The first-order valence-electron chi connectivity index (χ1n) is 10.6.